The molecule has 1 N–H and O–H groups in total. The molecule has 1 atom stereocenters. The number of carboxylic acids is 1. The first-order valence-electron chi connectivity index (χ1n) is 5.40. The van der Waals surface area contributed by atoms with Crippen molar-refractivity contribution >= 4 is 18.0 Å². The van der Waals surface area contributed by atoms with E-state index in [1.807, 2.05) is 0 Å². The van der Waals surface area contributed by atoms with Crippen molar-refractivity contribution in [1.29, 1.82) is 0 Å². The van der Waals surface area contributed by atoms with Gasteiger partial charge in [-0.3, -0.25) is 9.59 Å². The summed E-state index contributed by atoms with van der Waals surface area (Å²) in [5.41, 5.74) is 0. The lowest BCUT2D eigenvalue weighted by Gasteiger charge is -2.12. The van der Waals surface area contributed by atoms with E-state index in [9.17, 15) is 9.59 Å². The van der Waals surface area contributed by atoms with E-state index >= 15 is 0 Å². The fraction of sp³-hybridized carbons (Fsp3) is 0.333. The maximum atomic E-state index is 11.7. The van der Waals surface area contributed by atoms with Crippen LogP contribution < -0.4 is 0 Å². The number of likely N-dealkylation sites (tertiary alicyclic amines) is 1. The molecule has 1 amide bonds. The largest absolute Gasteiger partial charge is 0.481 e. The summed E-state index contributed by atoms with van der Waals surface area (Å²) in [7, 11) is 0. The molecule has 1 unspecified atom stereocenters. The van der Waals surface area contributed by atoms with Gasteiger partial charge in [-0.15, -0.1) is 0 Å². The third-order valence-corrected chi connectivity index (χ3v) is 2.78. The minimum absolute atomic E-state index is 0.176. The smallest absolute Gasteiger partial charge is 0.308 e. The molecule has 1 fully saturated rings. The van der Waals surface area contributed by atoms with E-state index in [2.05, 4.69) is 0 Å². The number of furan rings is 1. The Hall–Kier alpha value is -2.04. The van der Waals surface area contributed by atoms with Crippen LogP contribution in [-0.2, 0) is 9.59 Å². The highest BCUT2D eigenvalue weighted by molar-refractivity contribution is 5.92. The van der Waals surface area contributed by atoms with Gasteiger partial charge in [-0.2, -0.15) is 0 Å². The average Bonchev–Trinajstić information content (AvgIpc) is 2.96. The van der Waals surface area contributed by atoms with Crippen LogP contribution in [0.1, 0.15) is 12.2 Å². The maximum Gasteiger partial charge on any atom is 0.308 e. The SMILES string of the molecule is O=C(O)C1CCN(C(=O)/C=C/c2ccco2)C1. The Morgan fingerprint density at radius 1 is 1.53 bits per heavy atom. The van der Waals surface area contributed by atoms with Gasteiger partial charge in [0.05, 0.1) is 12.2 Å². The molecule has 0 spiro atoms. The van der Waals surface area contributed by atoms with Crippen LogP contribution in [0.5, 0.6) is 0 Å². The fourth-order valence-electron chi connectivity index (χ4n) is 1.81. The molecule has 5 heteroatoms. The second-order valence-electron chi connectivity index (χ2n) is 3.96. The van der Waals surface area contributed by atoms with Gasteiger partial charge in [0.25, 0.3) is 0 Å². The van der Waals surface area contributed by atoms with Gasteiger partial charge in [0.1, 0.15) is 5.76 Å². The molecular formula is C12H13NO4. The van der Waals surface area contributed by atoms with Gasteiger partial charge in [-0.05, 0) is 24.6 Å². The Morgan fingerprint density at radius 3 is 2.94 bits per heavy atom. The van der Waals surface area contributed by atoms with Crippen LogP contribution >= 0.6 is 0 Å². The number of carboxylic acid groups (broad SMARTS) is 1. The zero-order valence-corrected chi connectivity index (χ0v) is 9.20. The zero-order valence-electron chi connectivity index (χ0n) is 9.20. The highest BCUT2D eigenvalue weighted by Crippen LogP contribution is 2.16. The first-order valence-corrected chi connectivity index (χ1v) is 5.40. The molecule has 1 aromatic heterocycles. The van der Waals surface area contributed by atoms with Crippen molar-refractivity contribution in [3.8, 4) is 0 Å². The summed E-state index contributed by atoms with van der Waals surface area (Å²) < 4.78 is 5.05. The lowest BCUT2D eigenvalue weighted by Crippen LogP contribution is -2.28. The number of hydrogen-bond donors (Lipinski definition) is 1. The minimum atomic E-state index is -0.838. The summed E-state index contributed by atoms with van der Waals surface area (Å²) in [6, 6.07) is 3.48. The summed E-state index contributed by atoms with van der Waals surface area (Å²) in [5, 5.41) is 8.82. The number of hydrogen-bond acceptors (Lipinski definition) is 3. The van der Waals surface area contributed by atoms with E-state index in [1.165, 1.54) is 17.2 Å². The quantitative estimate of drug-likeness (QED) is 0.800. The van der Waals surface area contributed by atoms with E-state index in [4.69, 9.17) is 9.52 Å². The van der Waals surface area contributed by atoms with Crippen molar-refractivity contribution in [2.45, 2.75) is 6.42 Å². The van der Waals surface area contributed by atoms with Crippen LogP contribution in [0.15, 0.2) is 28.9 Å². The van der Waals surface area contributed by atoms with Gasteiger partial charge >= 0.3 is 5.97 Å². The number of aliphatic carboxylic acids is 1. The van der Waals surface area contributed by atoms with Gasteiger partial charge in [0, 0.05) is 19.2 Å². The third kappa shape index (κ3) is 2.75. The Balaban J connectivity index is 1.91. The van der Waals surface area contributed by atoms with Gasteiger partial charge in [0.2, 0.25) is 5.91 Å². The van der Waals surface area contributed by atoms with Gasteiger partial charge < -0.3 is 14.4 Å². The molecule has 0 aromatic carbocycles. The molecule has 1 aliphatic heterocycles. The van der Waals surface area contributed by atoms with Crippen LogP contribution in [0.4, 0.5) is 0 Å². The summed E-state index contributed by atoms with van der Waals surface area (Å²) in [6.07, 6.45) is 5.04. The van der Waals surface area contributed by atoms with Crippen LogP contribution in [0.2, 0.25) is 0 Å². The van der Waals surface area contributed by atoms with Crippen molar-refractivity contribution in [2.75, 3.05) is 13.1 Å². The Bertz CT molecular complexity index is 435. The molecule has 5 nitrogen and oxygen atoms in total. The molecule has 17 heavy (non-hydrogen) atoms. The van der Waals surface area contributed by atoms with Crippen LogP contribution in [0, 0.1) is 5.92 Å². The van der Waals surface area contributed by atoms with Crippen molar-refractivity contribution < 1.29 is 19.1 Å². The van der Waals surface area contributed by atoms with Crippen LogP contribution in [0.25, 0.3) is 6.08 Å². The first-order chi connectivity index (χ1) is 8.16. The number of carbonyl (C=O) groups excluding carboxylic acids is 1. The second kappa shape index (κ2) is 4.86. The van der Waals surface area contributed by atoms with Crippen molar-refractivity contribution in [3.63, 3.8) is 0 Å². The van der Waals surface area contributed by atoms with Crippen molar-refractivity contribution in [2.24, 2.45) is 5.92 Å². The Morgan fingerprint density at radius 2 is 2.35 bits per heavy atom. The number of nitrogens with zero attached hydrogens (tertiary/aromatic N) is 1. The molecule has 0 bridgehead atoms. The molecular weight excluding hydrogens is 222 g/mol. The van der Waals surface area contributed by atoms with Gasteiger partial charge in [-0.25, -0.2) is 0 Å². The molecule has 90 valence electrons. The Kier molecular flexibility index (Phi) is 3.27. The van der Waals surface area contributed by atoms with E-state index in [-0.39, 0.29) is 12.5 Å². The predicted molar refractivity (Wildman–Crippen MR) is 60.1 cm³/mol. The lowest BCUT2D eigenvalue weighted by atomic mass is 10.1. The molecule has 2 heterocycles. The van der Waals surface area contributed by atoms with Crippen LogP contribution in [0.3, 0.4) is 0 Å². The van der Waals surface area contributed by atoms with Gasteiger partial charge in [-0.1, -0.05) is 0 Å². The molecule has 1 saturated heterocycles. The van der Waals surface area contributed by atoms with Crippen LogP contribution in [-0.4, -0.2) is 35.0 Å². The van der Waals surface area contributed by atoms with E-state index in [1.54, 1.807) is 18.2 Å². The van der Waals surface area contributed by atoms with E-state index in [0.717, 1.165) is 0 Å². The third-order valence-electron chi connectivity index (χ3n) is 2.78. The first kappa shape index (κ1) is 11.4. The molecule has 0 radical (unpaired) electrons. The summed E-state index contributed by atoms with van der Waals surface area (Å²) >= 11 is 0. The van der Waals surface area contributed by atoms with E-state index < -0.39 is 11.9 Å². The standard InChI is InChI=1S/C12H13NO4/c14-11(4-3-10-2-1-7-17-10)13-6-5-9(8-13)12(15)16/h1-4,7,9H,5-6,8H2,(H,15,16)/b4-3+. The van der Waals surface area contributed by atoms with E-state index in [0.29, 0.717) is 18.7 Å². The normalized spacial score (nSPS) is 20.0. The monoisotopic (exact) mass is 235 g/mol. The summed E-state index contributed by atoms with van der Waals surface area (Å²) in [5.74, 6) is -0.844. The minimum Gasteiger partial charge on any atom is -0.481 e. The predicted octanol–water partition coefficient (Wildman–Crippen LogP) is 1.23. The molecule has 1 aliphatic rings. The zero-order chi connectivity index (χ0) is 12.3. The number of rotatable bonds is 3. The highest BCUT2D eigenvalue weighted by Gasteiger charge is 2.29. The summed E-state index contributed by atoms with van der Waals surface area (Å²) in [6.45, 7) is 0.787. The van der Waals surface area contributed by atoms with Gasteiger partial charge in [0.15, 0.2) is 0 Å². The molecule has 0 aliphatic carbocycles. The Labute approximate surface area is 98.3 Å². The molecule has 1 aromatic rings. The average molecular weight is 235 g/mol. The maximum absolute atomic E-state index is 11.7. The summed E-state index contributed by atoms with van der Waals surface area (Å²) in [4.78, 5) is 24.0. The topological polar surface area (TPSA) is 70.8 Å². The van der Waals surface area contributed by atoms with Crippen molar-refractivity contribution in [1.82, 2.24) is 4.90 Å². The fourth-order valence-corrected chi connectivity index (χ4v) is 1.81. The van der Waals surface area contributed by atoms with Crippen molar-refractivity contribution in [3.05, 3.63) is 30.2 Å². The number of carbonyl (C=O) groups is 2. The number of amides is 1. The lowest BCUT2D eigenvalue weighted by molar-refractivity contribution is -0.141. The molecule has 0 saturated carbocycles. The molecule has 2 rings (SSSR count). The second-order valence-corrected chi connectivity index (χ2v) is 3.96. The highest BCUT2D eigenvalue weighted by atomic mass is 16.4.